The summed E-state index contributed by atoms with van der Waals surface area (Å²) in [6, 6.07) is 13.1. The Bertz CT molecular complexity index is 640. The zero-order chi connectivity index (χ0) is 13.8. The number of anilines is 1. The van der Waals surface area contributed by atoms with Crippen LogP contribution in [0.5, 0.6) is 0 Å². The maximum atomic E-state index is 12.0. The zero-order valence-corrected chi connectivity index (χ0v) is 11.2. The van der Waals surface area contributed by atoms with Crippen molar-refractivity contribution >= 4 is 34.8 Å². The smallest absolute Gasteiger partial charge is 0.255 e. The minimum atomic E-state index is -0.289. The molecule has 0 aliphatic carbocycles. The summed E-state index contributed by atoms with van der Waals surface area (Å²) in [7, 11) is 0. The molecule has 0 unspecified atom stereocenters. The third-order valence-corrected chi connectivity index (χ3v) is 2.83. The molecular weight excluding hydrogens is 283 g/mol. The fraction of sp³-hybridized carbons (Fsp3) is 0. The van der Waals surface area contributed by atoms with Gasteiger partial charge in [-0.3, -0.25) is 4.79 Å². The van der Waals surface area contributed by atoms with Gasteiger partial charge in [0, 0.05) is 21.3 Å². The van der Waals surface area contributed by atoms with E-state index in [1.165, 1.54) is 0 Å². The molecule has 2 aromatic carbocycles. The van der Waals surface area contributed by atoms with Crippen LogP contribution in [-0.2, 0) is 0 Å². The van der Waals surface area contributed by atoms with Crippen LogP contribution in [0.4, 0.5) is 5.69 Å². The fourth-order valence-electron chi connectivity index (χ4n) is 1.53. The highest BCUT2D eigenvalue weighted by atomic mass is 35.5. The Balaban J connectivity index is 2.18. The minimum Gasteiger partial charge on any atom is -0.322 e. The van der Waals surface area contributed by atoms with Crippen LogP contribution in [0.2, 0.25) is 10.0 Å². The number of hydrogen-bond donors (Lipinski definition) is 1. The molecule has 1 amide bonds. The molecule has 5 heteroatoms. The summed E-state index contributed by atoms with van der Waals surface area (Å²) in [6.45, 7) is 0. The first-order valence-corrected chi connectivity index (χ1v) is 6.12. The van der Waals surface area contributed by atoms with Crippen LogP contribution in [0, 0.1) is 11.3 Å². The monoisotopic (exact) mass is 290 g/mol. The molecule has 94 valence electrons. The molecular formula is C14H8Cl2N2O. The topological polar surface area (TPSA) is 52.9 Å². The van der Waals surface area contributed by atoms with E-state index in [-0.39, 0.29) is 5.91 Å². The third-order valence-electron chi connectivity index (χ3n) is 2.40. The Kier molecular flexibility index (Phi) is 4.06. The number of carbonyl (C=O) groups is 1. The Morgan fingerprint density at radius 2 is 1.63 bits per heavy atom. The summed E-state index contributed by atoms with van der Waals surface area (Å²) in [5.74, 6) is -0.289. The first-order chi connectivity index (χ1) is 9.08. The Morgan fingerprint density at radius 1 is 1.05 bits per heavy atom. The van der Waals surface area contributed by atoms with E-state index in [9.17, 15) is 4.79 Å². The van der Waals surface area contributed by atoms with Gasteiger partial charge in [0.05, 0.1) is 11.6 Å². The average Bonchev–Trinajstić information content (AvgIpc) is 2.37. The standard InChI is InChI=1S/C14H8Cl2N2O/c15-11-5-12(16)7-13(6-11)18-14(19)10-3-1-9(8-17)2-4-10/h1-7H,(H,18,19). The van der Waals surface area contributed by atoms with Crippen LogP contribution in [0.1, 0.15) is 15.9 Å². The first-order valence-electron chi connectivity index (χ1n) is 5.36. The van der Waals surface area contributed by atoms with Crippen molar-refractivity contribution in [3.8, 4) is 6.07 Å². The van der Waals surface area contributed by atoms with Crippen molar-refractivity contribution in [2.45, 2.75) is 0 Å². The van der Waals surface area contributed by atoms with E-state index in [4.69, 9.17) is 28.5 Å². The molecule has 0 aliphatic heterocycles. The van der Waals surface area contributed by atoms with Crippen molar-refractivity contribution in [2.24, 2.45) is 0 Å². The summed E-state index contributed by atoms with van der Waals surface area (Å²) in [5, 5.41) is 12.3. The van der Waals surface area contributed by atoms with Crippen molar-refractivity contribution in [1.82, 2.24) is 0 Å². The van der Waals surface area contributed by atoms with E-state index < -0.39 is 0 Å². The number of carbonyl (C=O) groups excluding carboxylic acids is 1. The highest BCUT2D eigenvalue weighted by Gasteiger charge is 2.07. The second-order valence-corrected chi connectivity index (χ2v) is 4.67. The minimum absolute atomic E-state index is 0.289. The number of halogens is 2. The normalized spacial score (nSPS) is 9.74. The van der Waals surface area contributed by atoms with E-state index in [1.54, 1.807) is 42.5 Å². The second kappa shape index (κ2) is 5.75. The summed E-state index contributed by atoms with van der Waals surface area (Å²) >= 11 is 11.7. The molecule has 0 fully saturated rings. The molecule has 3 nitrogen and oxygen atoms in total. The van der Waals surface area contributed by atoms with Gasteiger partial charge in [-0.2, -0.15) is 5.26 Å². The molecule has 0 spiro atoms. The largest absolute Gasteiger partial charge is 0.322 e. The predicted molar refractivity (Wildman–Crippen MR) is 75.6 cm³/mol. The van der Waals surface area contributed by atoms with Gasteiger partial charge in [-0.15, -0.1) is 0 Å². The molecule has 2 aromatic rings. The van der Waals surface area contributed by atoms with Crippen LogP contribution in [-0.4, -0.2) is 5.91 Å². The van der Waals surface area contributed by atoms with Crippen LogP contribution in [0.25, 0.3) is 0 Å². The lowest BCUT2D eigenvalue weighted by atomic mass is 10.1. The molecule has 2 rings (SSSR count). The molecule has 0 atom stereocenters. The molecule has 0 saturated heterocycles. The van der Waals surface area contributed by atoms with E-state index in [1.807, 2.05) is 6.07 Å². The lowest BCUT2D eigenvalue weighted by Crippen LogP contribution is -2.11. The van der Waals surface area contributed by atoms with Gasteiger partial charge in [-0.25, -0.2) is 0 Å². The van der Waals surface area contributed by atoms with Crippen LogP contribution in [0.15, 0.2) is 42.5 Å². The van der Waals surface area contributed by atoms with Crippen molar-refractivity contribution in [3.63, 3.8) is 0 Å². The number of rotatable bonds is 2. The summed E-state index contributed by atoms with van der Waals surface area (Å²) in [6.07, 6.45) is 0. The summed E-state index contributed by atoms with van der Waals surface area (Å²) in [4.78, 5) is 12.0. The van der Waals surface area contributed by atoms with Crippen LogP contribution < -0.4 is 5.32 Å². The van der Waals surface area contributed by atoms with Gasteiger partial charge in [0.15, 0.2) is 0 Å². The lowest BCUT2D eigenvalue weighted by molar-refractivity contribution is 0.102. The van der Waals surface area contributed by atoms with E-state index in [0.29, 0.717) is 26.9 Å². The van der Waals surface area contributed by atoms with E-state index in [2.05, 4.69) is 5.32 Å². The lowest BCUT2D eigenvalue weighted by Gasteiger charge is -2.06. The number of nitriles is 1. The zero-order valence-electron chi connectivity index (χ0n) is 9.65. The quantitative estimate of drug-likeness (QED) is 0.905. The number of benzene rings is 2. The maximum absolute atomic E-state index is 12.0. The number of nitrogens with one attached hydrogen (secondary N) is 1. The average molecular weight is 291 g/mol. The van der Waals surface area contributed by atoms with E-state index >= 15 is 0 Å². The third kappa shape index (κ3) is 3.47. The summed E-state index contributed by atoms with van der Waals surface area (Å²) in [5.41, 5.74) is 1.48. The molecule has 0 radical (unpaired) electrons. The summed E-state index contributed by atoms with van der Waals surface area (Å²) < 4.78 is 0. The van der Waals surface area contributed by atoms with Gasteiger partial charge in [-0.1, -0.05) is 23.2 Å². The van der Waals surface area contributed by atoms with E-state index in [0.717, 1.165) is 0 Å². The molecule has 0 heterocycles. The maximum Gasteiger partial charge on any atom is 0.255 e. The van der Waals surface area contributed by atoms with Gasteiger partial charge < -0.3 is 5.32 Å². The molecule has 0 bridgehead atoms. The highest BCUT2D eigenvalue weighted by molar-refractivity contribution is 6.35. The second-order valence-electron chi connectivity index (χ2n) is 3.80. The van der Waals surface area contributed by atoms with Crippen LogP contribution >= 0.6 is 23.2 Å². The van der Waals surface area contributed by atoms with Crippen molar-refractivity contribution in [3.05, 3.63) is 63.6 Å². The SMILES string of the molecule is N#Cc1ccc(C(=O)Nc2cc(Cl)cc(Cl)c2)cc1. The molecule has 19 heavy (non-hydrogen) atoms. The van der Waals surface area contributed by atoms with Crippen molar-refractivity contribution < 1.29 is 4.79 Å². The fourth-order valence-corrected chi connectivity index (χ4v) is 2.05. The Hall–Kier alpha value is -2.02. The highest BCUT2D eigenvalue weighted by Crippen LogP contribution is 2.22. The van der Waals surface area contributed by atoms with Crippen molar-refractivity contribution in [1.29, 1.82) is 5.26 Å². The molecule has 1 N–H and O–H groups in total. The Morgan fingerprint density at radius 3 is 2.16 bits per heavy atom. The number of nitrogens with zero attached hydrogens (tertiary/aromatic N) is 1. The van der Waals surface area contributed by atoms with Gasteiger partial charge in [0.1, 0.15) is 0 Å². The van der Waals surface area contributed by atoms with Gasteiger partial charge in [-0.05, 0) is 42.5 Å². The molecule has 0 aromatic heterocycles. The number of hydrogen-bond acceptors (Lipinski definition) is 2. The first kappa shape index (κ1) is 13.4. The van der Waals surface area contributed by atoms with Crippen LogP contribution in [0.3, 0.4) is 0 Å². The van der Waals surface area contributed by atoms with Gasteiger partial charge in [0.2, 0.25) is 0 Å². The van der Waals surface area contributed by atoms with Gasteiger partial charge in [0.25, 0.3) is 5.91 Å². The molecule has 0 aliphatic rings. The van der Waals surface area contributed by atoms with Gasteiger partial charge >= 0.3 is 0 Å². The predicted octanol–water partition coefficient (Wildman–Crippen LogP) is 4.12. The Labute approximate surface area is 120 Å². The van der Waals surface area contributed by atoms with Crippen molar-refractivity contribution in [2.75, 3.05) is 5.32 Å². The number of amides is 1. The molecule has 0 saturated carbocycles.